The molecule has 112 valence electrons. The Morgan fingerprint density at radius 2 is 2.14 bits per heavy atom. The summed E-state index contributed by atoms with van der Waals surface area (Å²) in [5, 5.41) is 19.6. The molecule has 2 N–H and O–H groups in total. The second kappa shape index (κ2) is 6.87. The van der Waals surface area contributed by atoms with Crippen LogP contribution in [0.2, 0.25) is 0 Å². The molecule has 1 aromatic heterocycles. The van der Waals surface area contributed by atoms with Gasteiger partial charge in [-0.25, -0.2) is 0 Å². The van der Waals surface area contributed by atoms with Gasteiger partial charge in [-0.05, 0) is 36.7 Å². The second-order valence-corrected chi connectivity index (χ2v) is 6.84. The molecule has 0 aliphatic heterocycles. The van der Waals surface area contributed by atoms with E-state index in [2.05, 4.69) is 18.8 Å². The Bertz CT molecular complexity index is 702. The van der Waals surface area contributed by atoms with Crippen molar-refractivity contribution in [2.24, 2.45) is 10.9 Å². The maximum absolute atomic E-state index is 10.2. The minimum Gasteiger partial charge on any atom is -0.508 e. The standard InChI is InChI=1S/C15H18N2O2S2/c1-10(2)6-7-17-14(19)13(21-15(17)20)9-16-11-4-3-5-12(18)8-11/h3-5,8-10,18-19H,6-7H2,1-2H3. The number of hydrogen-bond acceptors (Lipinski definition) is 5. The number of aromatic hydroxyl groups is 2. The van der Waals surface area contributed by atoms with Crippen molar-refractivity contribution in [2.45, 2.75) is 26.8 Å². The summed E-state index contributed by atoms with van der Waals surface area (Å²) in [6.45, 7) is 4.98. The molecular formula is C15H18N2O2S2. The number of hydrogen-bond donors (Lipinski definition) is 2. The van der Waals surface area contributed by atoms with Gasteiger partial charge in [0, 0.05) is 12.6 Å². The first-order valence-corrected chi connectivity index (χ1v) is 7.95. The van der Waals surface area contributed by atoms with E-state index in [4.69, 9.17) is 12.2 Å². The summed E-state index contributed by atoms with van der Waals surface area (Å²) in [5.74, 6) is 0.876. The Hall–Kier alpha value is -1.66. The number of rotatable bonds is 5. The van der Waals surface area contributed by atoms with E-state index < -0.39 is 0 Å². The van der Waals surface area contributed by atoms with Gasteiger partial charge in [-0.15, -0.1) is 0 Å². The van der Waals surface area contributed by atoms with E-state index in [0.717, 1.165) is 6.42 Å². The smallest absolute Gasteiger partial charge is 0.212 e. The summed E-state index contributed by atoms with van der Waals surface area (Å²) in [5.41, 5.74) is 0.627. The van der Waals surface area contributed by atoms with Crippen molar-refractivity contribution in [1.29, 1.82) is 0 Å². The SMILES string of the molecule is CC(C)CCn1c(O)c(C=Nc2cccc(O)c2)sc1=S. The third kappa shape index (κ3) is 4.15. The fraction of sp³-hybridized carbons (Fsp3) is 0.333. The van der Waals surface area contributed by atoms with E-state index in [1.54, 1.807) is 35.0 Å². The lowest BCUT2D eigenvalue weighted by Crippen LogP contribution is -2.00. The molecule has 2 rings (SSSR count). The number of nitrogens with zero attached hydrogens (tertiary/aromatic N) is 2. The predicted octanol–water partition coefficient (Wildman–Crippen LogP) is 4.49. The lowest BCUT2D eigenvalue weighted by atomic mass is 10.1. The largest absolute Gasteiger partial charge is 0.508 e. The second-order valence-electron chi connectivity index (χ2n) is 5.17. The van der Waals surface area contributed by atoms with Crippen LogP contribution >= 0.6 is 23.6 Å². The Kier molecular flexibility index (Phi) is 5.14. The third-order valence-corrected chi connectivity index (χ3v) is 4.36. The first-order valence-electron chi connectivity index (χ1n) is 6.73. The van der Waals surface area contributed by atoms with Gasteiger partial charge in [0.05, 0.1) is 11.9 Å². The van der Waals surface area contributed by atoms with Crippen LogP contribution in [-0.2, 0) is 6.54 Å². The monoisotopic (exact) mass is 322 g/mol. The zero-order valence-corrected chi connectivity index (χ0v) is 13.6. The van der Waals surface area contributed by atoms with Crippen molar-refractivity contribution in [2.75, 3.05) is 0 Å². The van der Waals surface area contributed by atoms with Crippen LogP contribution in [-0.4, -0.2) is 21.0 Å². The van der Waals surface area contributed by atoms with E-state index in [-0.39, 0.29) is 11.6 Å². The van der Waals surface area contributed by atoms with Gasteiger partial charge in [0.15, 0.2) is 3.95 Å². The van der Waals surface area contributed by atoms with Crippen LogP contribution in [0.1, 0.15) is 25.1 Å². The van der Waals surface area contributed by atoms with E-state index in [1.807, 2.05) is 0 Å². The molecule has 0 radical (unpaired) electrons. The molecule has 6 heteroatoms. The zero-order valence-electron chi connectivity index (χ0n) is 12.0. The Labute approximate surface area is 133 Å². The van der Waals surface area contributed by atoms with Gasteiger partial charge < -0.3 is 10.2 Å². The molecule has 0 saturated heterocycles. The molecular weight excluding hydrogens is 304 g/mol. The minimum absolute atomic E-state index is 0.162. The molecule has 1 aromatic carbocycles. The van der Waals surface area contributed by atoms with Crippen LogP contribution in [0.4, 0.5) is 5.69 Å². The molecule has 1 heterocycles. The van der Waals surface area contributed by atoms with E-state index in [0.29, 0.717) is 27.0 Å². The quantitative estimate of drug-likeness (QED) is 0.630. The highest BCUT2D eigenvalue weighted by Gasteiger charge is 2.10. The molecule has 0 atom stereocenters. The Morgan fingerprint density at radius 3 is 2.81 bits per heavy atom. The van der Waals surface area contributed by atoms with Crippen LogP contribution in [0.25, 0.3) is 0 Å². The number of aliphatic imine (C=N–C) groups is 1. The highest BCUT2D eigenvalue weighted by Crippen LogP contribution is 2.26. The summed E-state index contributed by atoms with van der Waals surface area (Å²) >= 11 is 6.62. The molecule has 0 unspecified atom stereocenters. The van der Waals surface area contributed by atoms with E-state index >= 15 is 0 Å². The first kappa shape index (κ1) is 15.7. The molecule has 2 aromatic rings. The van der Waals surface area contributed by atoms with E-state index in [9.17, 15) is 10.2 Å². The lowest BCUT2D eigenvalue weighted by Gasteiger charge is -2.06. The Balaban J connectivity index is 2.21. The fourth-order valence-electron chi connectivity index (χ4n) is 1.79. The van der Waals surface area contributed by atoms with Gasteiger partial charge in [0.25, 0.3) is 0 Å². The van der Waals surface area contributed by atoms with E-state index in [1.165, 1.54) is 11.3 Å². The van der Waals surface area contributed by atoms with Crippen molar-refractivity contribution in [3.8, 4) is 11.6 Å². The Morgan fingerprint density at radius 1 is 1.38 bits per heavy atom. The number of benzene rings is 1. The molecule has 0 saturated carbocycles. The third-order valence-electron chi connectivity index (χ3n) is 2.98. The number of phenols is 1. The van der Waals surface area contributed by atoms with Crippen LogP contribution in [0.5, 0.6) is 11.6 Å². The summed E-state index contributed by atoms with van der Waals surface area (Å²) in [7, 11) is 0. The zero-order chi connectivity index (χ0) is 15.4. The van der Waals surface area contributed by atoms with Crippen LogP contribution in [0, 0.1) is 9.87 Å². The summed E-state index contributed by atoms with van der Waals surface area (Å²) in [6.07, 6.45) is 2.54. The predicted molar refractivity (Wildman–Crippen MR) is 89.6 cm³/mol. The van der Waals surface area contributed by atoms with Crippen molar-refractivity contribution in [1.82, 2.24) is 4.57 Å². The van der Waals surface area contributed by atoms with Crippen molar-refractivity contribution >= 4 is 35.5 Å². The number of thiazole rings is 1. The van der Waals surface area contributed by atoms with Gasteiger partial charge in [-0.3, -0.25) is 9.56 Å². The fourth-order valence-corrected chi connectivity index (χ4v) is 3.02. The topological polar surface area (TPSA) is 57.8 Å². The first-order chi connectivity index (χ1) is 9.97. The molecule has 4 nitrogen and oxygen atoms in total. The molecule has 21 heavy (non-hydrogen) atoms. The lowest BCUT2D eigenvalue weighted by molar-refractivity contribution is 0.399. The maximum Gasteiger partial charge on any atom is 0.212 e. The van der Waals surface area contributed by atoms with Crippen LogP contribution in [0.15, 0.2) is 29.3 Å². The molecule has 0 fully saturated rings. The van der Waals surface area contributed by atoms with Crippen molar-refractivity contribution < 1.29 is 10.2 Å². The molecule has 0 amide bonds. The molecule has 0 bridgehead atoms. The summed E-state index contributed by atoms with van der Waals surface area (Å²) in [6, 6.07) is 6.64. The maximum atomic E-state index is 10.2. The van der Waals surface area contributed by atoms with Gasteiger partial charge >= 0.3 is 0 Å². The average molecular weight is 322 g/mol. The van der Waals surface area contributed by atoms with Gasteiger partial charge in [-0.1, -0.05) is 31.3 Å². The van der Waals surface area contributed by atoms with Crippen molar-refractivity contribution in [3.63, 3.8) is 0 Å². The summed E-state index contributed by atoms with van der Waals surface area (Å²) < 4.78 is 2.38. The van der Waals surface area contributed by atoms with Crippen molar-refractivity contribution in [3.05, 3.63) is 33.1 Å². The highest BCUT2D eigenvalue weighted by atomic mass is 32.1. The molecule has 0 aliphatic rings. The average Bonchev–Trinajstić information content (AvgIpc) is 2.69. The van der Waals surface area contributed by atoms with Gasteiger partial charge in [0.1, 0.15) is 10.6 Å². The van der Waals surface area contributed by atoms with Gasteiger partial charge in [0.2, 0.25) is 5.88 Å². The number of aromatic nitrogens is 1. The normalized spacial score (nSPS) is 11.6. The highest BCUT2D eigenvalue weighted by molar-refractivity contribution is 7.73. The number of phenolic OH excluding ortho intramolecular Hbond substituents is 1. The van der Waals surface area contributed by atoms with Crippen LogP contribution < -0.4 is 0 Å². The van der Waals surface area contributed by atoms with Gasteiger partial charge in [-0.2, -0.15) is 0 Å². The van der Waals surface area contributed by atoms with Crippen LogP contribution in [0.3, 0.4) is 0 Å². The molecule has 0 spiro atoms. The summed E-state index contributed by atoms with van der Waals surface area (Å²) in [4.78, 5) is 4.89. The molecule has 0 aliphatic carbocycles. The minimum atomic E-state index is 0.162.